The third-order valence-electron chi connectivity index (χ3n) is 5.28. The van der Waals surface area contributed by atoms with Gasteiger partial charge in [-0.1, -0.05) is 24.3 Å². The first-order valence-electron chi connectivity index (χ1n) is 9.28. The summed E-state index contributed by atoms with van der Waals surface area (Å²) in [5.41, 5.74) is 0.950. The van der Waals surface area contributed by atoms with Gasteiger partial charge in [0.25, 0.3) is 10.2 Å². The number of carbonyl (C=O) groups is 1. The summed E-state index contributed by atoms with van der Waals surface area (Å²) in [6, 6.07) is 11.9. The lowest BCUT2D eigenvalue weighted by molar-refractivity contribution is -0.133. The predicted octanol–water partition coefficient (Wildman–Crippen LogP) is 1.90. The standard InChI is InChI=1S/C20H27N3O4S/c1-15(16-5-6-18-14-19(27-4)8-7-17(18)13-16)20(24)22-9-11-23(12-10-22)28(25,26)21(2)3/h5-8,13-15H,9-12H2,1-4H3/t15-/m1/s1. The predicted molar refractivity (Wildman–Crippen MR) is 110 cm³/mol. The number of rotatable bonds is 5. The fourth-order valence-electron chi connectivity index (χ4n) is 3.43. The molecule has 1 amide bonds. The van der Waals surface area contributed by atoms with E-state index in [0.717, 1.165) is 22.1 Å². The summed E-state index contributed by atoms with van der Waals surface area (Å²) in [6.45, 7) is 3.34. The number of carbonyl (C=O) groups excluding carboxylic acids is 1. The molecule has 2 aromatic carbocycles. The van der Waals surface area contributed by atoms with Crippen LogP contribution in [0.1, 0.15) is 18.4 Å². The number of hydrogen-bond acceptors (Lipinski definition) is 4. The maximum Gasteiger partial charge on any atom is 0.281 e. The molecule has 28 heavy (non-hydrogen) atoms. The molecule has 1 atom stereocenters. The Balaban J connectivity index is 1.70. The second-order valence-corrected chi connectivity index (χ2v) is 9.35. The van der Waals surface area contributed by atoms with Gasteiger partial charge in [-0.3, -0.25) is 4.79 Å². The fraction of sp³-hybridized carbons (Fsp3) is 0.450. The summed E-state index contributed by atoms with van der Waals surface area (Å²) in [4.78, 5) is 14.7. The SMILES string of the molecule is COc1ccc2cc([C@@H](C)C(=O)N3CCN(S(=O)(=O)N(C)C)CC3)ccc2c1. The van der Waals surface area contributed by atoms with Crippen molar-refractivity contribution in [2.75, 3.05) is 47.4 Å². The lowest BCUT2D eigenvalue weighted by Gasteiger charge is -2.36. The second-order valence-electron chi connectivity index (χ2n) is 7.21. The molecular formula is C20H27N3O4S. The van der Waals surface area contributed by atoms with Crippen LogP contribution in [0.3, 0.4) is 0 Å². The minimum Gasteiger partial charge on any atom is -0.497 e. The molecule has 1 heterocycles. The molecule has 2 aromatic rings. The highest BCUT2D eigenvalue weighted by molar-refractivity contribution is 7.86. The number of methoxy groups -OCH3 is 1. The smallest absolute Gasteiger partial charge is 0.281 e. The zero-order valence-electron chi connectivity index (χ0n) is 16.8. The number of nitrogens with zero attached hydrogens (tertiary/aromatic N) is 3. The van der Waals surface area contributed by atoms with Gasteiger partial charge in [0, 0.05) is 40.3 Å². The van der Waals surface area contributed by atoms with Crippen LogP contribution in [0.5, 0.6) is 5.75 Å². The van der Waals surface area contributed by atoms with Gasteiger partial charge in [0.1, 0.15) is 5.75 Å². The van der Waals surface area contributed by atoms with Crippen molar-refractivity contribution in [2.45, 2.75) is 12.8 Å². The van der Waals surface area contributed by atoms with Crippen LogP contribution in [-0.4, -0.2) is 75.2 Å². The van der Waals surface area contributed by atoms with Crippen LogP contribution in [-0.2, 0) is 15.0 Å². The second kappa shape index (κ2) is 8.06. The normalized spacial score (nSPS) is 17.1. The van der Waals surface area contributed by atoms with E-state index in [2.05, 4.69) is 0 Å². The Morgan fingerprint density at radius 3 is 2.25 bits per heavy atom. The van der Waals surface area contributed by atoms with Crippen LogP contribution in [0.25, 0.3) is 10.8 Å². The van der Waals surface area contributed by atoms with E-state index >= 15 is 0 Å². The Labute approximate surface area is 166 Å². The largest absolute Gasteiger partial charge is 0.497 e. The van der Waals surface area contributed by atoms with Crippen LogP contribution in [0.2, 0.25) is 0 Å². The summed E-state index contributed by atoms with van der Waals surface area (Å²) in [7, 11) is 1.24. The molecule has 0 radical (unpaired) electrons. The average Bonchev–Trinajstić information content (AvgIpc) is 2.71. The number of hydrogen-bond donors (Lipinski definition) is 0. The van der Waals surface area contributed by atoms with Gasteiger partial charge < -0.3 is 9.64 Å². The Kier molecular flexibility index (Phi) is 5.92. The van der Waals surface area contributed by atoms with Crippen LogP contribution in [0, 0.1) is 0 Å². The van der Waals surface area contributed by atoms with Gasteiger partial charge in [0.05, 0.1) is 13.0 Å². The summed E-state index contributed by atoms with van der Waals surface area (Å²) in [6.07, 6.45) is 0. The van der Waals surface area contributed by atoms with Crippen LogP contribution < -0.4 is 4.74 Å². The first-order valence-corrected chi connectivity index (χ1v) is 10.7. The molecule has 1 saturated heterocycles. The lowest BCUT2D eigenvalue weighted by Crippen LogP contribution is -2.53. The van der Waals surface area contributed by atoms with Crippen molar-refractivity contribution in [3.05, 3.63) is 42.0 Å². The molecule has 7 nitrogen and oxygen atoms in total. The quantitative estimate of drug-likeness (QED) is 0.762. The molecule has 1 aliphatic heterocycles. The molecule has 0 spiro atoms. The van der Waals surface area contributed by atoms with Gasteiger partial charge >= 0.3 is 0 Å². The maximum atomic E-state index is 13.0. The summed E-state index contributed by atoms with van der Waals surface area (Å²) >= 11 is 0. The van der Waals surface area contributed by atoms with Gasteiger partial charge in [-0.25, -0.2) is 0 Å². The van der Waals surface area contributed by atoms with Gasteiger partial charge in [-0.05, 0) is 35.4 Å². The molecule has 0 N–H and O–H groups in total. The summed E-state index contributed by atoms with van der Waals surface area (Å²) in [5.74, 6) is 0.535. The number of piperazine rings is 1. The van der Waals surface area contributed by atoms with Crippen molar-refractivity contribution in [2.24, 2.45) is 0 Å². The molecule has 3 rings (SSSR count). The third-order valence-corrected chi connectivity index (χ3v) is 7.22. The third kappa shape index (κ3) is 3.99. The van der Waals surface area contributed by atoms with Crippen LogP contribution in [0.15, 0.2) is 36.4 Å². The first kappa shape index (κ1) is 20.6. The summed E-state index contributed by atoms with van der Waals surface area (Å²) < 4.78 is 32.3. The van der Waals surface area contributed by atoms with Gasteiger partial charge in [0.2, 0.25) is 5.91 Å². The van der Waals surface area contributed by atoms with Crippen molar-refractivity contribution in [3.8, 4) is 5.75 Å². The minimum absolute atomic E-state index is 0.0229. The van der Waals surface area contributed by atoms with Crippen molar-refractivity contribution in [1.29, 1.82) is 0 Å². The Hall–Kier alpha value is -2.16. The Bertz CT molecular complexity index is 967. The number of ether oxygens (including phenoxy) is 1. The number of fused-ring (bicyclic) bond motifs is 1. The topological polar surface area (TPSA) is 70.2 Å². The average molecular weight is 406 g/mol. The molecule has 0 saturated carbocycles. The highest BCUT2D eigenvalue weighted by Gasteiger charge is 2.31. The van der Waals surface area contributed by atoms with Gasteiger partial charge in [0.15, 0.2) is 0 Å². The number of amides is 1. The molecule has 8 heteroatoms. The molecular weight excluding hydrogens is 378 g/mol. The van der Waals surface area contributed by atoms with Crippen LogP contribution in [0.4, 0.5) is 0 Å². The van der Waals surface area contributed by atoms with E-state index in [-0.39, 0.29) is 11.8 Å². The van der Waals surface area contributed by atoms with E-state index in [9.17, 15) is 13.2 Å². The molecule has 152 valence electrons. The fourth-order valence-corrected chi connectivity index (χ4v) is 4.51. The number of benzene rings is 2. The van der Waals surface area contributed by atoms with E-state index in [1.807, 2.05) is 43.3 Å². The Morgan fingerprint density at radius 1 is 1.04 bits per heavy atom. The zero-order chi connectivity index (χ0) is 20.5. The Morgan fingerprint density at radius 2 is 1.64 bits per heavy atom. The van der Waals surface area contributed by atoms with Gasteiger partial charge in [-0.15, -0.1) is 0 Å². The minimum atomic E-state index is -3.43. The van der Waals surface area contributed by atoms with E-state index in [0.29, 0.717) is 26.2 Å². The highest BCUT2D eigenvalue weighted by Crippen LogP contribution is 2.26. The van der Waals surface area contributed by atoms with E-state index < -0.39 is 10.2 Å². The summed E-state index contributed by atoms with van der Waals surface area (Å²) in [5, 5.41) is 2.12. The first-order chi connectivity index (χ1) is 13.2. The van der Waals surface area contributed by atoms with Crippen molar-refractivity contribution in [1.82, 2.24) is 13.5 Å². The van der Waals surface area contributed by atoms with Crippen molar-refractivity contribution < 1.29 is 17.9 Å². The van der Waals surface area contributed by atoms with E-state index in [1.165, 1.54) is 22.7 Å². The lowest BCUT2D eigenvalue weighted by atomic mass is 9.96. The van der Waals surface area contributed by atoms with Crippen molar-refractivity contribution >= 4 is 26.9 Å². The van der Waals surface area contributed by atoms with Gasteiger partial charge in [-0.2, -0.15) is 17.0 Å². The van der Waals surface area contributed by atoms with E-state index in [4.69, 9.17) is 4.74 Å². The monoisotopic (exact) mass is 405 g/mol. The molecule has 0 aromatic heterocycles. The maximum absolute atomic E-state index is 13.0. The molecule has 1 aliphatic rings. The van der Waals surface area contributed by atoms with Crippen molar-refractivity contribution in [3.63, 3.8) is 0 Å². The molecule has 0 unspecified atom stereocenters. The molecule has 0 aliphatic carbocycles. The van der Waals surface area contributed by atoms with E-state index in [1.54, 1.807) is 12.0 Å². The molecule has 1 fully saturated rings. The molecule has 0 bridgehead atoms. The van der Waals surface area contributed by atoms with Crippen LogP contribution >= 0.6 is 0 Å². The zero-order valence-corrected chi connectivity index (χ0v) is 17.6. The highest BCUT2D eigenvalue weighted by atomic mass is 32.2.